The number of hydrogen-bond donors (Lipinski definition) is 15. The Kier molecular flexibility index (Phi) is 32.3. The summed E-state index contributed by atoms with van der Waals surface area (Å²) in [5.74, 6) is -8.27. The highest BCUT2D eigenvalue weighted by molar-refractivity contribution is 6.20. The van der Waals surface area contributed by atoms with Crippen molar-refractivity contribution in [3.8, 4) is 0 Å². The lowest BCUT2D eigenvalue weighted by Crippen LogP contribution is -2.82. The Hall–Kier alpha value is -7.32. The molecule has 14 fully saturated rings. The summed E-state index contributed by atoms with van der Waals surface area (Å²) in [6, 6.07) is 0. The van der Waals surface area contributed by atoms with E-state index < -0.39 is 206 Å². The van der Waals surface area contributed by atoms with Crippen LogP contribution in [0.1, 0.15) is 279 Å². The first-order valence-electron chi connectivity index (χ1n) is 53.2. The zero-order valence-electron chi connectivity index (χ0n) is 84.3. The van der Waals surface area contributed by atoms with E-state index in [-0.39, 0.29) is 72.4 Å². The van der Waals surface area contributed by atoms with Crippen LogP contribution in [0.3, 0.4) is 0 Å². The third-order valence-corrected chi connectivity index (χ3v) is 39.4. The molecule has 2 saturated carbocycles. The first-order valence-corrected chi connectivity index (χ1v) is 56.4. The second kappa shape index (κ2) is 42.9. The molecule has 0 aromatic rings. The van der Waals surface area contributed by atoms with Crippen molar-refractivity contribution >= 4 is 141 Å². The molecule has 39 heteroatoms. The fourth-order valence-corrected chi connectivity index (χ4v) is 31.2. The molecule has 0 spiro atoms. The number of nitrogens with one attached hydrogen (secondary N) is 6. The van der Waals surface area contributed by atoms with E-state index in [2.05, 4.69) is 44.1 Å². The van der Waals surface area contributed by atoms with Gasteiger partial charge in [-0.3, -0.25) is 28.8 Å². The summed E-state index contributed by atoms with van der Waals surface area (Å²) in [6.07, 6.45) is 34.9. The number of carbonyl (C=O) groups is 12. The number of aliphatic hydroxyl groups excluding tert-OH is 9. The molecule has 0 bridgehead atoms. The molecule has 0 aromatic carbocycles. The van der Waals surface area contributed by atoms with E-state index in [1.165, 1.54) is 57.4 Å². The van der Waals surface area contributed by atoms with Crippen LogP contribution in [0.15, 0.2) is 102 Å². The van der Waals surface area contributed by atoms with Crippen LogP contribution in [0.4, 0.5) is 0 Å². The summed E-state index contributed by atoms with van der Waals surface area (Å²) in [7, 11) is 0. The van der Waals surface area contributed by atoms with Gasteiger partial charge in [0, 0.05) is 47.1 Å². The van der Waals surface area contributed by atoms with Crippen molar-refractivity contribution in [2.75, 3.05) is 55.1 Å². The number of fused-ring (bicyclic) bond motifs is 8. The van der Waals surface area contributed by atoms with Crippen molar-refractivity contribution in [1.29, 1.82) is 0 Å². The van der Waals surface area contributed by atoms with Gasteiger partial charge in [0.25, 0.3) is 0 Å². The van der Waals surface area contributed by atoms with E-state index in [1.807, 2.05) is 26.0 Å². The number of allylic oxidation sites excluding steroid dienone is 11. The van der Waals surface area contributed by atoms with Crippen LogP contribution >= 0.6 is 69.6 Å². The summed E-state index contributed by atoms with van der Waals surface area (Å²) >= 11 is 34.9. The Morgan fingerprint density at radius 2 is 0.653 bits per heavy atom. The SMILES string of the molecule is CC1=C(C)C([C@H](O)C23NC(=O)[C@H](CCCl)[C@@]2(CO)OC3=O)CCC1.C[C@@]12OC(=O)C1([C@@H](O)C1=C3CCCCC3=CCC1)NC(=O)[C@@H]2CCCl.C[C@@]12OC(=O)C1([C@@H](O)C1=CCCC3=C1CCCC3)NC(=O)[C@@H]2CCCl.C[C@@]12OC(=O)C1([C@@H](O)C1=CCCCC1)NC(=O)[C@@H]2CCCl.O=C1NC2([C@@H](O)C3=C4CCCCC4=CCC3)C(=O)O[C@]2(CO)[C@H]1CCCl.O=C1NC2([C@@H](O)C3CCCC4=C3CCCC4)C(=O)O[C@]2(CO)[C@H]1CCCl. The van der Waals surface area contributed by atoms with Gasteiger partial charge in [-0.2, -0.15) is 0 Å². The van der Waals surface area contributed by atoms with Gasteiger partial charge in [0.1, 0.15) is 24.4 Å². The van der Waals surface area contributed by atoms with Gasteiger partial charge < -0.3 is 106 Å². The third-order valence-electron chi connectivity index (χ3n) is 38.1. The molecule has 808 valence electrons. The van der Waals surface area contributed by atoms with Gasteiger partial charge in [-0.05, 0) is 329 Å². The number of ether oxygens (including phenoxy) is 6. The molecule has 10 aliphatic carbocycles. The number of esters is 6. The van der Waals surface area contributed by atoms with Gasteiger partial charge in [0.2, 0.25) is 68.7 Å². The standard InChI is InChI=1S/C19H26ClNO5.C19H24ClNO5.2C19H24ClNO4.C17H24ClNO5.C15H20ClNO4/c2*20-9-8-14-16(24)21-19(17(25)26-18(14,19)10-22)15(23)13-7-3-5-11-4-1-2-6-12(11)13;2*1-18-14(9-10-20)16(23)21-19(18,17(24)25-18)15(22)13-8-4-6-11-5-2-3-7-12(11)13;1-9-4-3-5-11(10(9)2)13(21)17-15(23)24-16(17,8-20)12(6-7-18)14(22)19-17;1-14-10(7-8-16)12(19)17-15(14,13(20)21-14)11(18)9-5-3-2-4-6-9/h13-15,22-23H,1-10H2,(H,21,24);5,14-15,22-23H,1-4,6-10H2,(H,21,24);8,14-15,22H,2-7,9-10H2,1H3,(H,21,23);6,14-15,22H,2-5,7-10H2,1H3,(H,21,23);11-13,20-21H,3-8H2,1-2H3,(H,19,22);5,10-11,18H,2-4,6-8H2,1H3,(H,17,19)/t13?,14-,15-,18+,19?;14-,15-,18+,19?;2*14-,15-,18-,19?;11?,12-,13-,16+,17?;10-,11-,14-,15?/m000000/s1. The second-order valence-corrected chi connectivity index (χ2v) is 46.8. The fourth-order valence-electron chi connectivity index (χ4n) is 29.8. The number of carbonyl (C=O) groups excluding carboxylic acids is 12. The normalized spacial score (nSPS) is 38.9. The Morgan fingerprint density at radius 1 is 0.320 bits per heavy atom. The molecule has 15 N–H and O–H groups in total. The summed E-state index contributed by atoms with van der Waals surface area (Å²) in [5.41, 5.74) is -0.547. The predicted molar refractivity (Wildman–Crippen MR) is 539 cm³/mol. The minimum atomic E-state index is -1.61. The maximum Gasteiger partial charge on any atom is 0.340 e. The lowest BCUT2D eigenvalue weighted by molar-refractivity contribution is -0.253. The van der Waals surface area contributed by atoms with E-state index in [0.717, 1.165) is 220 Å². The molecular weight excluding hydrogens is 2030 g/mol. The monoisotopic (exact) mass is 2160 g/mol. The molecular formula is C108H142Cl6N6O27. The highest BCUT2D eigenvalue weighted by atomic mass is 35.5. The molecule has 33 nitrogen and oxygen atoms in total. The van der Waals surface area contributed by atoms with Crippen molar-refractivity contribution in [2.45, 2.75) is 382 Å². The molecule has 0 radical (unpaired) electrons. The number of amides is 6. The number of halogens is 6. The van der Waals surface area contributed by atoms with Crippen molar-refractivity contribution in [1.82, 2.24) is 31.9 Å². The van der Waals surface area contributed by atoms with Gasteiger partial charge in [0.05, 0.1) is 67.5 Å². The number of aliphatic hydroxyl groups is 9. The quantitative estimate of drug-likeness (QED) is 0.0157. The molecule has 6 amide bonds. The van der Waals surface area contributed by atoms with Crippen LogP contribution in [-0.2, 0) is 86.0 Å². The van der Waals surface area contributed by atoms with Gasteiger partial charge >= 0.3 is 35.8 Å². The summed E-state index contributed by atoms with van der Waals surface area (Å²) in [6.45, 7) is 7.63. The van der Waals surface area contributed by atoms with Crippen LogP contribution < -0.4 is 31.9 Å². The maximum atomic E-state index is 12.6. The van der Waals surface area contributed by atoms with Crippen molar-refractivity contribution in [3.63, 3.8) is 0 Å². The third kappa shape index (κ3) is 16.5. The summed E-state index contributed by atoms with van der Waals surface area (Å²) in [4.78, 5) is 150. The second-order valence-electron chi connectivity index (χ2n) is 44.5. The lowest BCUT2D eigenvalue weighted by atomic mass is 9.61. The van der Waals surface area contributed by atoms with Gasteiger partial charge in [0.15, 0.2) is 33.6 Å². The zero-order chi connectivity index (χ0) is 106. The smallest absolute Gasteiger partial charge is 0.340 e. The van der Waals surface area contributed by atoms with Gasteiger partial charge in [-0.15, -0.1) is 69.6 Å². The van der Waals surface area contributed by atoms with E-state index in [4.69, 9.17) is 98.0 Å². The molecule has 22 rings (SSSR count). The minimum Gasteiger partial charge on any atom is -0.453 e. The molecule has 12 aliphatic heterocycles. The van der Waals surface area contributed by atoms with E-state index >= 15 is 0 Å². The Morgan fingerprint density at radius 3 is 1.08 bits per heavy atom. The molecule has 12 saturated heterocycles. The van der Waals surface area contributed by atoms with Crippen molar-refractivity contribution < 1.29 is 132 Å². The first-order chi connectivity index (χ1) is 70.3. The maximum absolute atomic E-state index is 12.6. The Labute approximate surface area is 885 Å². The average Bonchev–Trinajstić information content (AvgIpc) is 1.50. The zero-order valence-corrected chi connectivity index (χ0v) is 88.8. The predicted octanol–water partition coefficient (Wildman–Crippen LogP) is 9.66. The Balaban J connectivity index is 0.000000121. The highest BCUT2D eigenvalue weighted by Crippen LogP contribution is 2.63. The topological polar surface area (TPSA) is 514 Å². The van der Waals surface area contributed by atoms with Crippen LogP contribution in [0.2, 0.25) is 0 Å². The first kappa shape index (κ1) is 111. The Bertz CT molecular complexity index is 5610. The largest absolute Gasteiger partial charge is 0.453 e. The molecule has 147 heavy (non-hydrogen) atoms. The molecule has 0 aromatic heterocycles. The van der Waals surface area contributed by atoms with E-state index in [1.54, 1.807) is 20.8 Å². The fraction of sp³-hybridized carbons (Fsp3) is 0.722. The van der Waals surface area contributed by atoms with E-state index in [9.17, 15) is 103 Å². The van der Waals surface area contributed by atoms with Crippen LogP contribution in [0, 0.1) is 47.3 Å². The van der Waals surface area contributed by atoms with E-state index in [0.29, 0.717) is 43.3 Å². The summed E-state index contributed by atoms with van der Waals surface area (Å²) < 4.78 is 32.3. The minimum absolute atomic E-state index is 0.173. The number of hydrogen-bond acceptors (Lipinski definition) is 27. The molecule has 26 atom stereocenters. The summed E-state index contributed by atoms with van der Waals surface area (Å²) in [5, 5.41) is 114. The molecule has 22 aliphatic rings. The van der Waals surface area contributed by atoms with Crippen molar-refractivity contribution in [3.05, 3.63) is 102 Å². The van der Waals surface area contributed by atoms with Crippen LogP contribution in [0.5, 0.6) is 0 Å². The highest BCUT2D eigenvalue weighted by Gasteiger charge is 2.87. The van der Waals surface area contributed by atoms with Gasteiger partial charge in [-0.25, -0.2) is 28.8 Å². The lowest BCUT2D eigenvalue weighted by Gasteiger charge is -2.56. The average molecular weight is 2170 g/mol. The van der Waals surface area contributed by atoms with Crippen LogP contribution in [0.25, 0.3) is 0 Å². The van der Waals surface area contributed by atoms with Gasteiger partial charge in [-0.1, -0.05) is 52.2 Å². The number of rotatable bonds is 27. The van der Waals surface area contributed by atoms with Crippen molar-refractivity contribution in [2.24, 2.45) is 47.3 Å². The molecule has 8 unspecified atom stereocenters. The molecule has 12 heterocycles. The number of alkyl halides is 6. The van der Waals surface area contributed by atoms with Crippen LogP contribution in [-0.4, -0.2) is 276 Å².